The van der Waals surface area contributed by atoms with Crippen LogP contribution in [0.5, 0.6) is 0 Å². The highest BCUT2D eigenvalue weighted by Gasteiger charge is 2.09. The second kappa shape index (κ2) is 3.11. The van der Waals surface area contributed by atoms with E-state index in [4.69, 9.17) is 0 Å². The van der Waals surface area contributed by atoms with E-state index in [9.17, 15) is 0 Å². The zero-order valence-corrected chi connectivity index (χ0v) is 7.25. The Balaban J connectivity index is 2.32. The van der Waals surface area contributed by atoms with E-state index in [-0.39, 0.29) is 0 Å². The Morgan fingerprint density at radius 3 is 3.25 bits per heavy atom. The van der Waals surface area contributed by atoms with Crippen LogP contribution in [0, 0.1) is 0 Å². The molecule has 0 amide bonds. The van der Waals surface area contributed by atoms with Gasteiger partial charge in [-0.1, -0.05) is 6.08 Å². The van der Waals surface area contributed by atoms with Gasteiger partial charge in [-0.15, -0.1) is 0 Å². The summed E-state index contributed by atoms with van der Waals surface area (Å²) in [5, 5.41) is 7.51. The average molecular weight is 163 g/mol. The number of nitrogens with one attached hydrogen (secondary N) is 1. The first-order chi connectivity index (χ1) is 5.92. The summed E-state index contributed by atoms with van der Waals surface area (Å²) in [4.78, 5) is 0. The van der Waals surface area contributed by atoms with Gasteiger partial charge in [0.2, 0.25) is 0 Å². The van der Waals surface area contributed by atoms with Gasteiger partial charge in [-0.3, -0.25) is 4.68 Å². The average Bonchev–Trinajstić information content (AvgIpc) is 2.74. The molecule has 0 aliphatic carbocycles. The van der Waals surface area contributed by atoms with E-state index in [1.54, 1.807) is 0 Å². The molecule has 1 aliphatic heterocycles. The van der Waals surface area contributed by atoms with Gasteiger partial charge >= 0.3 is 0 Å². The zero-order chi connectivity index (χ0) is 8.39. The molecule has 0 radical (unpaired) electrons. The second-order valence-electron chi connectivity index (χ2n) is 2.89. The van der Waals surface area contributed by atoms with E-state index in [0.717, 1.165) is 19.6 Å². The summed E-state index contributed by atoms with van der Waals surface area (Å²) in [5.74, 6) is 0. The van der Waals surface area contributed by atoms with Crippen LogP contribution >= 0.6 is 0 Å². The summed E-state index contributed by atoms with van der Waals surface area (Å²) in [5.41, 5.74) is 2.62. The predicted octanol–water partition coefficient (Wildman–Crippen LogP) is 0.890. The van der Waals surface area contributed by atoms with E-state index in [1.807, 2.05) is 10.9 Å². The molecule has 0 atom stereocenters. The van der Waals surface area contributed by atoms with Gasteiger partial charge in [0.05, 0.1) is 5.69 Å². The number of aryl methyl sites for hydroxylation is 1. The summed E-state index contributed by atoms with van der Waals surface area (Å²) >= 11 is 0. The van der Waals surface area contributed by atoms with Crippen molar-refractivity contribution >= 4 is 5.57 Å². The third-order valence-corrected chi connectivity index (χ3v) is 2.15. The first kappa shape index (κ1) is 7.55. The van der Waals surface area contributed by atoms with Crippen LogP contribution in [0.4, 0.5) is 0 Å². The lowest BCUT2D eigenvalue weighted by Crippen LogP contribution is -2.09. The molecule has 0 saturated carbocycles. The van der Waals surface area contributed by atoms with Crippen molar-refractivity contribution in [3.63, 3.8) is 0 Å². The Labute approximate surface area is 72.1 Å². The molecule has 0 saturated heterocycles. The van der Waals surface area contributed by atoms with Gasteiger partial charge in [-0.25, -0.2) is 0 Å². The van der Waals surface area contributed by atoms with Crippen molar-refractivity contribution in [2.75, 3.05) is 13.1 Å². The van der Waals surface area contributed by atoms with Crippen molar-refractivity contribution < 1.29 is 0 Å². The molecule has 1 aromatic rings. The summed E-state index contributed by atoms with van der Waals surface area (Å²) in [6.45, 7) is 5.02. The van der Waals surface area contributed by atoms with Gasteiger partial charge in [0.15, 0.2) is 0 Å². The Bertz CT molecular complexity index is 298. The van der Waals surface area contributed by atoms with Crippen LogP contribution in [0.25, 0.3) is 5.57 Å². The Kier molecular flexibility index (Phi) is 1.96. The van der Waals surface area contributed by atoms with Gasteiger partial charge in [-0.2, -0.15) is 5.10 Å². The number of nitrogens with zero attached hydrogens (tertiary/aromatic N) is 2. The Morgan fingerprint density at radius 2 is 2.58 bits per heavy atom. The van der Waals surface area contributed by atoms with Gasteiger partial charge < -0.3 is 5.32 Å². The molecule has 1 aromatic heterocycles. The highest BCUT2D eigenvalue weighted by molar-refractivity contribution is 5.66. The molecule has 0 aromatic carbocycles. The molecule has 3 heteroatoms. The molecule has 2 rings (SSSR count). The minimum absolute atomic E-state index is 0.944. The number of hydrogen-bond acceptors (Lipinski definition) is 2. The fourth-order valence-corrected chi connectivity index (χ4v) is 1.53. The second-order valence-corrected chi connectivity index (χ2v) is 2.89. The molecule has 12 heavy (non-hydrogen) atoms. The molecule has 0 spiro atoms. The topological polar surface area (TPSA) is 29.9 Å². The number of aromatic nitrogens is 2. The van der Waals surface area contributed by atoms with E-state index >= 15 is 0 Å². The quantitative estimate of drug-likeness (QED) is 0.701. The van der Waals surface area contributed by atoms with Crippen LogP contribution in [0.1, 0.15) is 12.6 Å². The van der Waals surface area contributed by atoms with Gasteiger partial charge in [0.25, 0.3) is 0 Å². The largest absolute Gasteiger partial charge is 0.309 e. The predicted molar refractivity (Wildman–Crippen MR) is 48.7 cm³/mol. The van der Waals surface area contributed by atoms with Crippen LogP contribution < -0.4 is 5.32 Å². The van der Waals surface area contributed by atoms with Crippen molar-refractivity contribution in [1.29, 1.82) is 0 Å². The molecule has 1 N–H and O–H groups in total. The fraction of sp³-hybridized carbons (Fsp3) is 0.444. The highest BCUT2D eigenvalue weighted by Crippen LogP contribution is 2.15. The lowest BCUT2D eigenvalue weighted by Gasteiger charge is -2.04. The van der Waals surface area contributed by atoms with Crippen molar-refractivity contribution in [3.8, 4) is 0 Å². The summed E-state index contributed by atoms with van der Waals surface area (Å²) in [6, 6.07) is 2.07. The Hall–Kier alpha value is -1.09. The molecule has 0 bridgehead atoms. The lowest BCUT2D eigenvalue weighted by molar-refractivity contribution is 0.650. The van der Waals surface area contributed by atoms with Crippen LogP contribution in [-0.4, -0.2) is 22.9 Å². The Morgan fingerprint density at radius 1 is 1.67 bits per heavy atom. The minimum Gasteiger partial charge on any atom is -0.309 e. The maximum atomic E-state index is 4.23. The van der Waals surface area contributed by atoms with Crippen LogP contribution in [0.3, 0.4) is 0 Å². The van der Waals surface area contributed by atoms with E-state index < -0.39 is 0 Å². The van der Waals surface area contributed by atoms with E-state index in [1.165, 1.54) is 11.3 Å². The SMILES string of the molecule is CCn1nccc1C1=CCNC1. The number of hydrogen-bond donors (Lipinski definition) is 1. The molecule has 64 valence electrons. The molecule has 2 heterocycles. The zero-order valence-electron chi connectivity index (χ0n) is 7.25. The van der Waals surface area contributed by atoms with Crippen molar-refractivity contribution in [1.82, 2.24) is 15.1 Å². The van der Waals surface area contributed by atoms with E-state index in [2.05, 4.69) is 29.5 Å². The summed E-state index contributed by atoms with van der Waals surface area (Å²) in [6.07, 6.45) is 4.08. The van der Waals surface area contributed by atoms with Crippen molar-refractivity contribution in [2.45, 2.75) is 13.5 Å². The molecule has 3 nitrogen and oxygen atoms in total. The van der Waals surface area contributed by atoms with Crippen molar-refractivity contribution in [3.05, 3.63) is 24.0 Å². The fourth-order valence-electron chi connectivity index (χ4n) is 1.53. The van der Waals surface area contributed by atoms with Crippen molar-refractivity contribution in [2.24, 2.45) is 0 Å². The van der Waals surface area contributed by atoms with Gasteiger partial charge in [0.1, 0.15) is 0 Å². The highest BCUT2D eigenvalue weighted by atomic mass is 15.3. The maximum absolute atomic E-state index is 4.23. The lowest BCUT2D eigenvalue weighted by atomic mass is 10.2. The van der Waals surface area contributed by atoms with Crippen LogP contribution in [0.2, 0.25) is 0 Å². The molecule has 0 unspecified atom stereocenters. The summed E-state index contributed by atoms with van der Waals surface area (Å²) < 4.78 is 2.03. The molecule has 0 fully saturated rings. The first-order valence-electron chi connectivity index (χ1n) is 4.33. The van der Waals surface area contributed by atoms with Gasteiger partial charge in [0, 0.05) is 25.8 Å². The monoisotopic (exact) mass is 163 g/mol. The van der Waals surface area contributed by atoms with Crippen LogP contribution in [-0.2, 0) is 6.54 Å². The maximum Gasteiger partial charge on any atom is 0.0651 e. The minimum atomic E-state index is 0.944. The third-order valence-electron chi connectivity index (χ3n) is 2.15. The molecular weight excluding hydrogens is 150 g/mol. The smallest absolute Gasteiger partial charge is 0.0651 e. The molecular formula is C9H13N3. The van der Waals surface area contributed by atoms with Gasteiger partial charge in [-0.05, 0) is 18.6 Å². The number of rotatable bonds is 2. The normalized spacial score (nSPS) is 16.6. The standard InChI is InChI=1S/C9H13N3/c1-2-12-9(4-6-11-12)8-3-5-10-7-8/h3-4,6,10H,2,5,7H2,1H3. The van der Waals surface area contributed by atoms with E-state index in [0.29, 0.717) is 0 Å². The first-order valence-corrected chi connectivity index (χ1v) is 4.33. The summed E-state index contributed by atoms with van der Waals surface area (Å²) in [7, 11) is 0. The third kappa shape index (κ3) is 1.16. The molecule has 1 aliphatic rings. The van der Waals surface area contributed by atoms with Crippen LogP contribution in [0.15, 0.2) is 18.3 Å².